The molecule has 2 aromatic heterocycles. The van der Waals surface area contributed by atoms with Crippen molar-refractivity contribution in [1.29, 1.82) is 0 Å². The summed E-state index contributed by atoms with van der Waals surface area (Å²) >= 11 is 0. The number of amides is 1. The van der Waals surface area contributed by atoms with Crippen LogP contribution < -0.4 is 11.1 Å². The van der Waals surface area contributed by atoms with E-state index in [0.717, 1.165) is 53.7 Å². The van der Waals surface area contributed by atoms with Gasteiger partial charge in [-0.15, -0.1) is 0 Å². The Labute approximate surface area is 165 Å². The van der Waals surface area contributed by atoms with Gasteiger partial charge < -0.3 is 16.0 Å². The molecule has 0 radical (unpaired) electrons. The van der Waals surface area contributed by atoms with E-state index in [1.165, 1.54) is 5.56 Å². The molecule has 0 saturated heterocycles. The van der Waals surface area contributed by atoms with Crippen LogP contribution in [0, 0.1) is 18.8 Å². The number of nitrogens with two attached hydrogens (primary N) is 1. The van der Waals surface area contributed by atoms with Crippen molar-refractivity contribution in [3.8, 4) is 11.3 Å². The molecule has 1 aliphatic rings. The zero-order valence-corrected chi connectivity index (χ0v) is 16.5. The molecule has 3 aromatic rings. The van der Waals surface area contributed by atoms with Crippen LogP contribution in [0.5, 0.6) is 0 Å². The van der Waals surface area contributed by atoms with Gasteiger partial charge in [0.25, 0.3) is 0 Å². The van der Waals surface area contributed by atoms with E-state index in [-0.39, 0.29) is 17.9 Å². The fourth-order valence-electron chi connectivity index (χ4n) is 4.17. The summed E-state index contributed by atoms with van der Waals surface area (Å²) in [7, 11) is 0. The first-order valence-corrected chi connectivity index (χ1v) is 10.1. The predicted molar refractivity (Wildman–Crippen MR) is 114 cm³/mol. The molecule has 4 N–H and O–H groups in total. The minimum Gasteiger partial charge on any atom is -0.339 e. The average molecular weight is 377 g/mol. The first-order valence-electron chi connectivity index (χ1n) is 10.1. The van der Waals surface area contributed by atoms with Gasteiger partial charge in [-0.1, -0.05) is 29.8 Å². The molecule has 0 aliphatic heterocycles. The molecule has 146 valence electrons. The molecular formula is C23H28N4O. The number of hydrogen-bond donors (Lipinski definition) is 3. The van der Waals surface area contributed by atoms with E-state index < -0.39 is 0 Å². The van der Waals surface area contributed by atoms with Crippen molar-refractivity contribution in [1.82, 2.24) is 9.97 Å². The molecule has 1 aliphatic carbocycles. The van der Waals surface area contributed by atoms with E-state index in [2.05, 4.69) is 59.5 Å². The van der Waals surface area contributed by atoms with E-state index in [9.17, 15) is 4.79 Å². The molecule has 1 atom stereocenters. The molecule has 1 fully saturated rings. The van der Waals surface area contributed by atoms with E-state index in [1.54, 1.807) is 6.20 Å². The second-order valence-corrected chi connectivity index (χ2v) is 8.13. The number of carbonyl (C=O) groups is 1. The maximum Gasteiger partial charge on any atom is 0.227 e. The van der Waals surface area contributed by atoms with Gasteiger partial charge in [0, 0.05) is 29.2 Å². The lowest BCUT2D eigenvalue weighted by Gasteiger charge is -2.30. The van der Waals surface area contributed by atoms with Gasteiger partial charge in [-0.25, -0.2) is 4.98 Å². The Bertz CT molecular complexity index is 966. The number of rotatable bonds is 4. The topological polar surface area (TPSA) is 83.8 Å². The average Bonchev–Trinajstić information content (AvgIpc) is 3.14. The highest BCUT2D eigenvalue weighted by molar-refractivity contribution is 6.02. The second-order valence-electron chi connectivity index (χ2n) is 8.13. The number of anilines is 1. The van der Waals surface area contributed by atoms with Gasteiger partial charge in [-0.3, -0.25) is 4.79 Å². The largest absolute Gasteiger partial charge is 0.339 e. The number of aromatic amines is 1. The maximum atomic E-state index is 12.8. The molecule has 1 aromatic carbocycles. The van der Waals surface area contributed by atoms with Crippen molar-refractivity contribution >= 4 is 22.6 Å². The van der Waals surface area contributed by atoms with Gasteiger partial charge in [0.05, 0.1) is 5.69 Å². The number of aryl methyl sites for hydroxylation is 1. The standard InChI is InChI=1S/C23H28N4O/c1-14-3-5-17(6-4-14)21-13-19-20(11-12-25-22(19)26-21)27-23(28)18-9-7-16(8-10-18)15(2)24/h3-6,11-13,15-16,18H,7-10,24H2,1-2H3,(H2,25,26,27,28). The molecule has 1 unspecified atom stereocenters. The summed E-state index contributed by atoms with van der Waals surface area (Å²) in [5.41, 5.74) is 11.0. The third-order valence-corrected chi connectivity index (χ3v) is 6.04. The SMILES string of the molecule is Cc1ccc(-c2cc3c(NC(=O)C4CCC(C(C)N)CC4)ccnc3[nH]2)cc1. The molecule has 4 rings (SSSR count). The van der Waals surface area contributed by atoms with Gasteiger partial charge in [0.15, 0.2) is 0 Å². The van der Waals surface area contributed by atoms with Crippen LogP contribution in [0.4, 0.5) is 5.69 Å². The highest BCUT2D eigenvalue weighted by Gasteiger charge is 2.28. The van der Waals surface area contributed by atoms with Gasteiger partial charge in [0.2, 0.25) is 5.91 Å². The number of nitrogens with zero attached hydrogens (tertiary/aromatic N) is 1. The number of H-pyrrole nitrogens is 1. The van der Waals surface area contributed by atoms with E-state index >= 15 is 0 Å². The highest BCUT2D eigenvalue weighted by Crippen LogP contribution is 2.32. The Morgan fingerprint density at radius 3 is 2.57 bits per heavy atom. The van der Waals surface area contributed by atoms with Crippen molar-refractivity contribution in [3.63, 3.8) is 0 Å². The minimum atomic E-state index is 0.0636. The van der Waals surface area contributed by atoms with Crippen LogP contribution in [0.3, 0.4) is 0 Å². The number of nitrogens with one attached hydrogen (secondary N) is 2. The number of fused-ring (bicyclic) bond motifs is 1. The Hall–Kier alpha value is -2.66. The van der Waals surface area contributed by atoms with Gasteiger partial charge in [-0.05, 0) is 63.1 Å². The van der Waals surface area contributed by atoms with Gasteiger partial charge in [-0.2, -0.15) is 0 Å². The molecule has 1 saturated carbocycles. The summed E-state index contributed by atoms with van der Waals surface area (Å²) < 4.78 is 0. The monoisotopic (exact) mass is 376 g/mol. The van der Waals surface area contributed by atoms with Crippen molar-refractivity contribution in [2.45, 2.75) is 45.6 Å². The third kappa shape index (κ3) is 3.80. The van der Waals surface area contributed by atoms with Crippen molar-refractivity contribution in [2.24, 2.45) is 17.6 Å². The van der Waals surface area contributed by atoms with E-state index in [0.29, 0.717) is 5.92 Å². The normalized spacial score (nSPS) is 20.8. The van der Waals surface area contributed by atoms with Crippen LogP contribution in [-0.4, -0.2) is 21.9 Å². The maximum absolute atomic E-state index is 12.8. The third-order valence-electron chi connectivity index (χ3n) is 6.04. The summed E-state index contributed by atoms with van der Waals surface area (Å²) in [6, 6.07) is 12.5. The van der Waals surface area contributed by atoms with Crippen molar-refractivity contribution in [2.75, 3.05) is 5.32 Å². The summed E-state index contributed by atoms with van der Waals surface area (Å²) in [5.74, 6) is 0.709. The fraction of sp³-hybridized carbons (Fsp3) is 0.391. The quantitative estimate of drug-likeness (QED) is 0.621. The molecular weight excluding hydrogens is 348 g/mol. The van der Waals surface area contributed by atoms with Crippen molar-refractivity contribution in [3.05, 3.63) is 48.2 Å². The zero-order valence-electron chi connectivity index (χ0n) is 16.5. The summed E-state index contributed by atoms with van der Waals surface area (Å²) in [6.45, 7) is 4.14. The molecule has 28 heavy (non-hydrogen) atoms. The fourth-order valence-corrected chi connectivity index (χ4v) is 4.17. The van der Waals surface area contributed by atoms with Crippen molar-refractivity contribution < 1.29 is 4.79 Å². The zero-order chi connectivity index (χ0) is 19.7. The molecule has 0 spiro atoms. The van der Waals surface area contributed by atoms with Crippen LogP contribution in [0.25, 0.3) is 22.3 Å². The number of carbonyl (C=O) groups excluding carboxylic acids is 1. The van der Waals surface area contributed by atoms with E-state index in [1.807, 2.05) is 6.07 Å². The van der Waals surface area contributed by atoms with E-state index in [4.69, 9.17) is 5.73 Å². The molecule has 5 heteroatoms. The summed E-state index contributed by atoms with van der Waals surface area (Å²) in [5, 5.41) is 4.08. The highest BCUT2D eigenvalue weighted by atomic mass is 16.1. The first kappa shape index (κ1) is 18.7. The second kappa shape index (κ2) is 7.76. The number of benzene rings is 1. The lowest BCUT2D eigenvalue weighted by molar-refractivity contribution is -0.121. The molecule has 0 bridgehead atoms. The summed E-state index contributed by atoms with van der Waals surface area (Å²) in [6.07, 6.45) is 5.62. The lowest BCUT2D eigenvalue weighted by Crippen LogP contribution is -2.33. The smallest absolute Gasteiger partial charge is 0.227 e. The minimum absolute atomic E-state index is 0.0636. The number of aromatic nitrogens is 2. The Morgan fingerprint density at radius 2 is 1.89 bits per heavy atom. The van der Waals surface area contributed by atoms with Crippen LogP contribution >= 0.6 is 0 Å². The van der Waals surface area contributed by atoms with Crippen LogP contribution in [0.1, 0.15) is 38.2 Å². The van der Waals surface area contributed by atoms with Gasteiger partial charge >= 0.3 is 0 Å². The Balaban J connectivity index is 1.52. The first-order chi connectivity index (χ1) is 13.5. The number of pyridine rings is 1. The lowest BCUT2D eigenvalue weighted by atomic mass is 9.79. The molecule has 5 nitrogen and oxygen atoms in total. The van der Waals surface area contributed by atoms with Crippen LogP contribution in [0.2, 0.25) is 0 Å². The van der Waals surface area contributed by atoms with Gasteiger partial charge in [0.1, 0.15) is 5.65 Å². The molecule has 1 amide bonds. The number of hydrogen-bond acceptors (Lipinski definition) is 3. The predicted octanol–water partition coefficient (Wildman–Crippen LogP) is 4.63. The van der Waals surface area contributed by atoms with Crippen LogP contribution in [0.15, 0.2) is 42.6 Å². The Morgan fingerprint density at radius 1 is 1.18 bits per heavy atom. The molecule has 2 heterocycles. The van der Waals surface area contributed by atoms with Crippen LogP contribution in [-0.2, 0) is 4.79 Å². The summed E-state index contributed by atoms with van der Waals surface area (Å²) in [4.78, 5) is 20.6. The Kier molecular flexibility index (Phi) is 5.18.